The van der Waals surface area contributed by atoms with E-state index in [2.05, 4.69) is 121 Å². The molecule has 4 fully saturated rings. The number of rotatable bonds is 3. The molecule has 0 radical (unpaired) electrons. The Balaban J connectivity index is 1.15. The van der Waals surface area contributed by atoms with Gasteiger partial charge in [0.1, 0.15) is 0 Å². The Bertz CT molecular complexity index is 2310. The van der Waals surface area contributed by atoms with Crippen LogP contribution in [0.2, 0.25) is 0 Å². The van der Waals surface area contributed by atoms with Crippen LogP contribution in [0.5, 0.6) is 0 Å². The minimum absolute atomic E-state index is 0.0883. The van der Waals surface area contributed by atoms with E-state index in [1.54, 1.807) is 5.56 Å². The van der Waals surface area contributed by atoms with Gasteiger partial charge >= 0.3 is 0 Å². The fourth-order valence-electron chi connectivity index (χ4n) is 10.4. The lowest BCUT2D eigenvalue weighted by Gasteiger charge is -2.57. The number of hydrogen-bond donors (Lipinski definition) is 0. The Hall–Kier alpha value is -4.37. The van der Waals surface area contributed by atoms with Crippen LogP contribution >= 0.6 is 0 Å². The molecule has 3 nitrogen and oxygen atoms in total. The fourth-order valence-corrected chi connectivity index (χ4v) is 10.4. The van der Waals surface area contributed by atoms with Crippen LogP contribution < -0.4 is 0 Å². The highest BCUT2D eigenvalue weighted by Gasteiger charge is 2.51. The minimum Gasteiger partial charge on any atom is -0.308 e. The van der Waals surface area contributed by atoms with Gasteiger partial charge in [-0.2, -0.15) is 0 Å². The van der Waals surface area contributed by atoms with Crippen LogP contribution in [0, 0.1) is 17.8 Å². The van der Waals surface area contributed by atoms with E-state index in [0.29, 0.717) is 5.41 Å². The Kier molecular flexibility index (Phi) is 5.45. The monoisotopic (exact) mass is 599 g/mol. The highest BCUT2D eigenvalue weighted by atomic mass is 15.0. The van der Waals surface area contributed by atoms with Gasteiger partial charge in [0.2, 0.25) is 0 Å². The van der Waals surface area contributed by atoms with Crippen molar-refractivity contribution >= 4 is 43.6 Å². The molecule has 0 unspecified atom stereocenters. The zero-order valence-corrected chi connectivity index (χ0v) is 27.1. The molecule has 4 saturated carbocycles. The topological polar surface area (TPSA) is 22.8 Å². The van der Waals surface area contributed by atoms with Crippen LogP contribution in [0.1, 0.15) is 70.4 Å². The van der Waals surface area contributed by atoms with E-state index < -0.39 is 0 Å². The molecule has 0 spiro atoms. The maximum atomic E-state index is 4.88. The van der Waals surface area contributed by atoms with Gasteiger partial charge in [0, 0.05) is 21.5 Å². The summed E-state index contributed by atoms with van der Waals surface area (Å²) in [5.74, 6) is 2.83. The lowest BCUT2D eigenvalue weighted by Crippen LogP contribution is -2.48. The molecular formula is C43H41N3. The second kappa shape index (κ2) is 9.35. The molecule has 3 heterocycles. The first-order valence-electron chi connectivity index (χ1n) is 17.4. The number of hydrogen-bond acceptors (Lipinski definition) is 1. The predicted octanol–water partition coefficient (Wildman–Crippen LogP) is 11.0. The number of aromatic nitrogens is 3. The number of fused-ring (bicyclic) bond motifs is 6. The van der Waals surface area contributed by atoms with E-state index in [9.17, 15) is 0 Å². The first-order chi connectivity index (χ1) is 22.3. The number of benzene rings is 4. The van der Waals surface area contributed by atoms with Crippen molar-refractivity contribution in [1.29, 1.82) is 0 Å². The lowest BCUT2D eigenvalue weighted by molar-refractivity contribution is -0.00512. The maximum absolute atomic E-state index is 4.88. The molecule has 0 amide bonds. The smallest absolute Gasteiger partial charge is 0.0666 e. The van der Waals surface area contributed by atoms with Gasteiger partial charge in [-0.3, -0.25) is 4.98 Å². The number of nitrogens with zero attached hydrogens (tertiary/aromatic N) is 3. The summed E-state index contributed by atoms with van der Waals surface area (Å²) < 4.78 is 4.84. The van der Waals surface area contributed by atoms with Crippen molar-refractivity contribution in [2.24, 2.45) is 17.8 Å². The molecule has 0 N–H and O–H groups in total. The SMILES string of the molecule is CC(C)(C)c1ccc2c(c1)c1ccccc1n2-c1cncc(-n2c3ccccc3c3cc(C45CC6CC(CC(C6)C4)C5)ccc32)c1. The summed E-state index contributed by atoms with van der Waals surface area (Å²) in [6.45, 7) is 6.87. The van der Waals surface area contributed by atoms with E-state index >= 15 is 0 Å². The molecule has 4 aromatic carbocycles. The van der Waals surface area contributed by atoms with E-state index in [0.717, 1.165) is 29.1 Å². The van der Waals surface area contributed by atoms with E-state index in [1.165, 1.54) is 87.7 Å². The molecule has 4 bridgehead atoms. The van der Waals surface area contributed by atoms with Crippen LogP contribution in [0.3, 0.4) is 0 Å². The average Bonchev–Trinajstić information content (AvgIpc) is 3.56. The van der Waals surface area contributed by atoms with Gasteiger partial charge in [-0.05, 0) is 121 Å². The fraction of sp³-hybridized carbons (Fsp3) is 0.326. The quantitative estimate of drug-likeness (QED) is 0.198. The molecule has 3 heteroatoms. The van der Waals surface area contributed by atoms with Crippen LogP contribution in [0.15, 0.2) is 103 Å². The van der Waals surface area contributed by atoms with Crippen molar-refractivity contribution in [3.05, 3.63) is 115 Å². The zero-order chi connectivity index (χ0) is 30.8. The third kappa shape index (κ3) is 3.81. The van der Waals surface area contributed by atoms with Gasteiger partial charge in [0.15, 0.2) is 0 Å². The third-order valence-corrected chi connectivity index (χ3v) is 12.1. The summed E-state index contributed by atoms with van der Waals surface area (Å²) in [4.78, 5) is 4.88. The van der Waals surface area contributed by atoms with Gasteiger partial charge in [-0.15, -0.1) is 0 Å². The standard InChI is InChI=1S/C43H41N3/c1-42(2,3)30-12-14-40-36(19-30)34-8-4-6-10-38(34)45(40)32-21-33(26-44-25-32)46-39-11-7-5-9-35(39)37-20-31(13-15-41(37)46)43-22-27-16-28(23-43)18-29(17-27)24-43/h4-15,19-21,25-29H,16-18,22-24H2,1-3H3. The van der Waals surface area contributed by atoms with Crippen molar-refractivity contribution in [2.75, 3.05) is 0 Å². The van der Waals surface area contributed by atoms with E-state index in [4.69, 9.17) is 4.98 Å². The molecule has 4 aliphatic rings. The number of pyridine rings is 1. The third-order valence-electron chi connectivity index (χ3n) is 12.1. The zero-order valence-electron chi connectivity index (χ0n) is 27.1. The molecule has 0 atom stereocenters. The van der Waals surface area contributed by atoms with Crippen molar-refractivity contribution in [3.63, 3.8) is 0 Å². The van der Waals surface area contributed by atoms with Gasteiger partial charge < -0.3 is 9.13 Å². The van der Waals surface area contributed by atoms with E-state index in [-0.39, 0.29) is 5.41 Å². The van der Waals surface area contributed by atoms with E-state index in [1.807, 2.05) is 12.4 Å². The van der Waals surface area contributed by atoms with Crippen molar-refractivity contribution in [1.82, 2.24) is 14.1 Å². The van der Waals surface area contributed by atoms with Crippen molar-refractivity contribution in [2.45, 2.75) is 70.1 Å². The molecule has 0 aliphatic heterocycles. The molecule has 7 aromatic rings. The molecular weight excluding hydrogens is 558 g/mol. The normalized spacial score (nSPS) is 24.2. The second-order valence-corrected chi connectivity index (χ2v) is 16.0. The Morgan fingerprint density at radius 1 is 0.565 bits per heavy atom. The second-order valence-electron chi connectivity index (χ2n) is 16.0. The predicted molar refractivity (Wildman–Crippen MR) is 191 cm³/mol. The first-order valence-corrected chi connectivity index (χ1v) is 17.4. The van der Waals surface area contributed by atoms with Crippen LogP contribution in [0.25, 0.3) is 55.0 Å². The van der Waals surface area contributed by atoms with Crippen LogP contribution in [-0.2, 0) is 10.8 Å². The Morgan fingerprint density at radius 3 is 1.63 bits per heavy atom. The summed E-state index contributed by atoms with van der Waals surface area (Å²) in [6, 6.07) is 34.6. The Morgan fingerprint density at radius 2 is 1.07 bits per heavy atom. The minimum atomic E-state index is 0.0883. The largest absolute Gasteiger partial charge is 0.308 e. The average molecular weight is 600 g/mol. The maximum Gasteiger partial charge on any atom is 0.0666 e. The van der Waals surface area contributed by atoms with Gasteiger partial charge in [0.05, 0.1) is 45.8 Å². The molecule has 4 aliphatic carbocycles. The van der Waals surface area contributed by atoms with Gasteiger partial charge in [0.25, 0.3) is 0 Å². The molecule has 46 heavy (non-hydrogen) atoms. The van der Waals surface area contributed by atoms with Gasteiger partial charge in [-0.25, -0.2) is 0 Å². The lowest BCUT2D eigenvalue weighted by atomic mass is 9.48. The highest BCUT2D eigenvalue weighted by molar-refractivity contribution is 6.10. The van der Waals surface area contributed by atoms with Crippen molar-refractivity contribution in [3.8, 4) is 11.4 Å². The molecule has 228 valence electrons. The first kappa shape index (κ1) is 26.8. The Labute approximate surface area is 270 Å². The summed E-state index contributed by atoms with van der Waals surface area (Å²) in [7, 11) is 0. The summed E-state index contributed by atoms with van der Waals surface area (Å²) in [6.07, 6.45) is 12.7. The molecule has 3 aromatic heterocycles. The van der Waals surface area contributed by atoms with Gasteiger partial charge in [-0.1, -0.05) is 69.3 Å². The highest BCUT2D eigenvalue weighted by Crippen LogP contribution is 2.61. The van der Waals surface area contributed by atoms with Crippen LogP contribution in [0.4, 0.5) is 0 Å². The van der Waals surface area contributed by atoms with Crippen LogP contribution in [-0.4, -0.2) is 14.1 Å². The van der Waals surface area contributed by atoms with Crippen molar-refractivity contribution < 1.29 is 0 Å². The summed E-state index contributed by atoms with van der Waals surface area (Å²) in [5, 5.41) is 5.28. The number of para-hydroxylation sites is 2. The summed E-state index contributed by atoms with van der Waals surface area (Å²) in [5.41, 5.74) is 10.6. The molecule has 0 saturated heterocycles. The summed E-state index contributed by atoms with van der Waals surface area (Å²) >= 11 is 0. The molecule has 11 rings (SSSR count).